The minimum absolute atomic E-state index is 0.169. The Morgan fingerprint density at radius 3 is 2.44 bits per heavy atom. The quantitative estimate of drug-likeness (QED) is 0.354. The maximum Gasteiger partial charge on any atom is 0.262 e. The first-order chi connectivity index (χ1) is 16.5. The number of hydrogen-bond donors (Lipinski definition) is 2. The lowest BCUT2D eigenvalue weighted by Gasteiger charge is -2.11. The van der Waals surface area contributed by atoms with Gasteiger partial charge in [-0.25, -0.2) is 5.43 Å². The van der Waals surface area contributed by atoms with E-state index in [1.165, 1.54) is 13.3 Å². The summed E-state index contributed by atoms with van der Waals surface area (Å²) < 4.78 is 16.1. The number of aryl methyl sites for hydroxylation is 1. The Hall–Kier alpha value is -4.33. The summed E-state index contributed by atoms with van der Waals surface area (Å²) in [5.74, 6) is 1.01. The zero-order chi connectivity index (χ0) is 24.3. The average molecular weight is 462 g/mol. The number of nitrogens with zero attached hydrogens (tertiary/aromatic N) is 1. The van der Waals surface area contributed by atoms with Crippen molar-refractivity contribution in [3.63, 3.8) is 0 Å². The molecule has 0 aliphatic heterocycles. The molecular weight excluding hydrogens is 434 g/mol. The van der Waals surface area contributed by atoms with Gasteiger partial charge < -0.3 is 19.5 Å². The molecule has 8 heteroatoms. The Labute approximate surface area is 198 Å². The lowest BCUT2D eigenvalue weighted by molar-refractivity contribution is -0.120. The smallest absolute Gasteiger partial charge is 0.262 e. The molecule has 3 aromatic carbocycles. The number of carbonyl (C=O) groups is 2. The van der Waals surface area contributed by atoms with Crippen LogP contribution in [-0.2, 0) is 16.0 Å². The second kappa shape index (κ2) is 12.1. The minimum Gasteiger partial charge on any atom is -0.497 e. The third kappa shape index (κ3) is 7.37. The van der Waals surface area contributed by atoms with E-state index >= 15 is 0 Å². The van der Waals surface area contributed by atoms with Gasteiger partial charge in [0.15, 0.2) is 18.1 Å². The molecule has 3 rings (SSSR count). The summed E-state index contributed by atoms with van der Waals surface area (Å²) in [6.07, 6.45) is 1.68. The number of methoxy groups -OCH3 is 2. The van der Waals surface area contributed by atoms with E-state index in [9.17, 15) is 9.59 Å². The molecule has 0 aromatic heterocycles. The van der Waals surface area contributed by atoms with Crippen LogP contribution in [0.15, 0.2) is 71.8 Å². The Bertz CT molecular complexity index is 1160. The predicted molar refractivity (Wildman–Crippen MR) is 131 cm³/mol. The summed E-state index contributed by atoms with van der Waals surface area (Å²) in [5.41, 5.74) is 5.82. The Kier molecular flexibility index (Phi) is 8.62. The summed E-state index contributed by atoms with van der Waals surface area (Å²) in [6.45, 7) is 1.81. The highest BCUT2D eigenvalue weighted by molar-refractivity contribution is 5.92. The monoisotopic (exact) mass is 461 g/mol. The molecule has 0 saturated carbocycles. The number of anilines is 1. The maximum absolute atomic E-state index is 12.2. The van der Waals surface area contributed by atoms with Gasteiger partial charge in [-0.2, -0.15) is 5.10 Å². The molecule has 0 spiro atoms. The van der Waals surface area contributed by atoms with Gasteiger partial charge >= 0.3 is 0 Å². The first-order valence-corrected chi connectivity index (χ1v) is 10.6. The SMILES string of the molecule is COc1cccc(CC(=O)N/N=C\c2ccc(OCC(=O)Nc3ccc(C)cc3)c(OC)c2)c1. The summed E-state index contributed by atoms with van der Waals surface area (Å²) in [5, 5.41) is 6.77. The highest BCUT2D eigenvalue weighted by Gasteiger charge is 2.09. The lowest BCUT2D eigenvalue weighted by atomic mass is 10.1. The van der Waals surface area contributed by atoms with Crippen molar-refractivity contribution in [3.8, 4) is 17.2 Å². The van der Waals surface area contributed by atoms with Gasteiger partial charge in [0.2, 0.25) is 5.91 Å². The van der Waals surface area contributed by atoms with Crippen molar-refractivity contribution in [3.05, 3.63) is 83.4 Å². The number of rotatable bonds is 10. The lowest BCUT2D eigenvalue weighted by Crippen LogP contribution is -2.20. The molecule has 0 radical (unpaired) electrons. The number of carbonyl (C=O) groups excluding carboxylic acids is 2. The average Bonchev–Trinajstić information content (AvgIpc) is 2.84. The number of nitrogens with one attached hydrogen (secondary N) is 2. The number of benzene rings is 3. The van der Waals surface area contributed by atoms with Crippen LogP contribution in [0.2, 0.25) is 0 Å². The van der Waals surface area contributed by atoms with E-state index in [0.29, 0.717) is 28.5 Å². The Morgan fingerprint density at radius 1 is 0.912 bits per heavy atom. The molecule has 0 bridgehead atoms. The zero-order valence-corrected chi connectivity index (χ0v) is 19.3. The van der Waals surface area contributed by atoms with Crippen molar-refractivity contribution in [1.82, 2.24) is 5.43 Å². The van der Waals surface area contributed by atoms with Crippen molar-refractivity contribution >= 4 is 23.7 Å². The van der Waals surface area contributed by atoms with Gasteiger partial charge in [-0.15, -0.1) is 0 Å². The van der Waals surface area contributed by atoms with Crippen molar-refractivity contribution in [1.29, 1.82) is 0 Å². The highest BCUT2D eigenvalue weighted by atomic mass is 16.5. The van der Waals surface area contributed by atoms with Crippen LogP contribution in [-0.4, -0.2) is 38.9 Å². The molecule has 0 heterocycles. The van der Waals surface area contributed by atoms with Gasteiger partial charge in [0.1, 0.15) is 5.75 Å². The van der Waals surface area contributed by atoms with Gasteiger partial charge in [-0.3, -0.25) is 9.59 Å². The van der Waals surface area contributed by atoms with Crippen molar-refractivity contribution in [2.75, 3.05) is 26.1 Å². The fourth-order valence-corrected chi connectivity index (χ4v) is 3.05. The van der Waals surface area contributed by atoms with Crippen molar-refractivity contribution in [2.45, 2.75) is 13.3 Å². The normalized spacial score (nSPS) is 10.6. The summed E-state index contributed by atoms with van der Waals surface area (Å²) in [6, 6.07) is 19.9. The molecule has 0 fully saturated rings. The van der Waals surface area contributed by atoms with Crippen molar-refractivity contribution < 1.29 is 23.8 Å². The van der Waals surface area contributed by atoms with Gasteiger partial charge in [0.25, 0.3) is 5.91 Å². The second-order valence-electron chi connectivity index (χ2n) is 7.43. The van der Waals surface area contributed by atoms with Crippen LogP contribution < -0.4 is 25.0 Å². The van der Waals surface area contributed by atoms with Crippen LogP contribution in [0.5, 0.6) is 17.2 Å². The highest BCUT2D eigenvalue weighted by Crippen LogP contribution is 2.27. The molecule has 0 atom stereocenters. The Morgan fingerprint density at radius 2 is 1.71 bits per heavy atom. The molecular formula is C26H27N3O5. The topological polar surface area (TPSA) is 98.3 Å². The van der Waals surface area contributed by atoms with Gasteiger partial charge in [0.05, 0.1) is 26.9 Å². The number of ether oxygens (including phenoxy) is 3. The van der Waals surface area contributed by atoms with E-state index in [1.54, 1.807) is 31.4 Å². The third-order valence-electron chi connectivity index (χ3n) is 4.78. The molecule has 176 valence electrons. The van der Waals surface area contributed by atoms with Crippen LogP contribution in [0.4, 0.5) is 5.69 Å². The summed E-state index contributed by atoms with van der Waals surface area (Å²) in [4.78, 5) is 24.3. The van der Waals surface area contributed by atoms with E-state index in [-0.39, 0.29) is 24.8 Å². The molecule has 0 aliphatic carbocycles. The van der Waals surface area contributed by atoms with Gasteiger partial charge in [-0.1, -0.05) is 29.8 Å². The van der Waals surface area contributed by atoms with Crippen LogP contribution >= 0.6 is 0 Å². The molecule has 34 heavy (non-hydrogen) atoms. The van der Waals surface area contributed by atoms with Crippen LogP contribution in [0.25, 0.3) is 0 Å². The second-order valence-corrected chi connectivity index (χ2v) is 7.43. The summed E-state index contributed by atoms with van der Waals surface area (Å²) in [7, 11) is 3.08. The molecule has 2 N–H and O–H groups in total. The zero-order valence-electron chi connectivity index (χ0n) is 19.3. The van der Waals surface area contributed by atoms with E-state index in [1.807, 2.05) is 49.4 Å². The van der Waals surface area contributed by atoms with E-state index < -0.39 is 0 Å². The first kappa shape index (κ1) is 24.3. The van der Waals surface area contributed by atoms with Crippen LogP contribution in [0.3, 0.4) is 0 Å². The van der Waals surface area contributed by atoms with Crippen LogP contribution in [0, 0.1) is 6.92 Å². The maximum atomic E-state index is 12.2. The largest absolute Gasteiger partial charge is 0.497 e. The van der Waals surface area contributed by atoms with Gasteiger partial charge in [-0.05, 0) is 60.5 Å². The fraction of sp³-hybridized carbons (Fsp3) is 0.192. The van der Waals surface area contributed by atoms with E-state index in [0.717, 1.165) is 11.1 Å². The fourth-order valence-electron chi connectivity index (χ4n) is 3.05. The molecule has 3 aromatic rings. The van der Waals surface area contributed by atoms with Crippen molar-refractivity contribution in [2.24, 2.45) is 5.10 Å². The molecule has 0 saturated heterocycles. The number of amides is 2. The van der Waals surface area contributed by atoms with E-state index in [2.05, 4.69) is 15.8 Å². The van der Waals surface area contributed by atoms with E-state index in [4.69, 9.17) is 14.2 Å². The minimum atomic E-state index is -0.282. The van der Waals surface area contributed by atoms with Crippen LogP contribution in [0.1, 0.15) is 16.7 Å². The molecule has 0 unspecified atom stereocenters. The summed E-state index contributed by atoms with van der Waals surface area (Å²) >= 11 is 0. The standard InChI is InChI=1S/C26H27N3O5/c1-18-7-10-21(11-8-18)28-26(31)17-34-23-12-9-20(14-24(23)33-3)16-27-29-25(30)15-19-5-4-6-22(13-19)32-2/h4-14,16H,15,17H2,1-3H3,(H,28,31)(H,29,30)/b27-16-. The number of hydrogen-bond acceptors (Lipinski definition) is 6. The number of hydrazone groups is 1. The molecule has 0 aliphatic rings. The first-order valence-electron chi connectivity index (χ1n) is 10.6. The molecule has 2 amide bonds. The predicted octanol–water partition coefficient (Wildman–Crippen LogP) is 3.72. The Balaban J connectivity index is 1.52. The molecule has 8 nitrogen and oxygen atoms in total. The third-order valence-corrected chi connectivity index (χ3v) is 4.78. The van der Waals surface area contributed by atoms with Gasteiger partial charge in [0, 0.05) is 5.69 Å².